The first-order valence-electron chi connectivity index (χ1n) is 10.6. The molecule has 1 amide bonds. The summed E-state index contributed by atoms with van der Waals surface area (Å²) in [5, 5.41) is 11.3. The van der Waals surface area contributed by atoms with Crippen molar-refractivity contribution in [2.45, 2.75) is 12.5 Å². The predicted octanol–water partition coefficient (Wildman–Crippen LogP) is 3.09. The number of amides is 1. The molecule has 1 fully saturated rings. The molecule has 0 bridgehead atoms. The first kappa shape index (κ1) is 24.1. The zero-order chi connectivity index (χ0) is 24.1. The Morgan fingerprint density at radius 2 is 1.61 bits per heavy atom. The minimum atomic E-state index is -0.742. The van der Waals surface area contributed by atoms with Gasteiger partial charge in [-0.1, -0.05) is 12.1 Å². The van der Waals surface area contributed by atoms with Gasteiger partial charge in [0.05, 0.1) is 38.5 Å². The molecule has 0 aromatic heterocycles. The molecule has 1 N–H and O–H groups in total. The molecule has 0 aliphatic carbocycles. The molecule has 0 spiro atoms. The van der Waals surface area contributed by atoms with Gasteiger partial charge in [0, 0.05) is 6.54 Å². The molecular formula is C25H30N2O6. The Morgan fingerprint density at radius 1 is 0.970 bits per heavy atom. The summed E-state index contributed by atoms with van der Waals surface area (Å²) in [5.41, 5.74) is 0.992. The number of hydrogen-bond acceptors (Lipinski definition) is 7. The molecule has 8 heteroatoms. The van der Waals surface area contributed by atoms with E-state index in [2.05, 4.69) is 0 Å². The zero-order valence-electron chi connectivity index (χ0n) is 19.6. The smallest absolute Gasteiger partial charge is 0.295 e. The van der Waals surface area contributed by atoms with Crippen molar-refractivity contribution in [2.24, 2.45) is 0 Å². The van der Waals surface area contributed by atoms with Gasteiger partial charge in [0.25, 0.3) is 11.7 Å². The van der Waals surface area contributed by atoms with Crippen LogP contribution in [0.25, 0.3) is 5.76 Å². The number of ketones is 1. The lowest BCUT2D eigenvalue weighted by Crippen LogP contribution is -2.32. The van der Waals surface area contributed by atoms with Gasteiger partial charge < -0.3 is 29.1 Å². The van der Waals surface area contributed by atoms with E-state index in [9.17, 15) is 14.7 Å². The van der Waals surface area contributed by atoms with Gasteiger partial charge in [0.1, 0.15) is 23.0 Å². The van der Waals surface area contributed by atoms with Crippen LogP contribution >= 0.6 is 0 Å². The van der Waals surface area contributed by atoms with Crippen molar-refractivity contribution < 1.29 is 28.9 Å². The predicted molar refractivity (Wildman–Crippen MR) is 125 cm³/mol. The van der Waals surface area contributed by atoms with Crippen molar-refractivity contribution in [3.8, 4) is 17.2 Å². The second-order valence-electron chi connectivity index (χ2n) is 7.99. The van der Waals surface area contributed by atoms with Crippen molar-refractivity contribution in [1.29, 1.82) is 0 Å². The summed E-state index contributed by atoms with van der Waals surface area (Å²) in [6.45, 7) is 1.12. The molecular weight excluding hydrogens is 424 g/mol. The Kier molecular flexibility index (Phi) is 7.60. The summed E-state index contributed by atoms with van der Waals surface area (Å²) in [6, 6.07) is 11.3. The number of ether oxygens (including phenoxy) is 3. The van der Waals surface area contributed by atoms with Crippen LogP contribution in [0.15, 0.2) is 48.0 Å². The minimum absolute atomic E-state index is 0.0153. The molecule has 2 aromatic carbocycles. The van der Waals surface area contributed by atoms with Crippen LogP contribution in [0, 0.1) is 0 Å². The second kappa shape index (κ2) is 10.4. The van der Waals surface area contributed by atoms with Crippen molar-refractivity contribution in [3.05, 3.63) is 59.2 Å². The van der Waals surface area contributed by atoms with Gasteiger partial charge in [-0.15, -0.1) is 0 Å². The third-order valence-electron chi connectivity index (χ3n) is 5.64. The Balaban J connectivity index is 2.16. The lowest BCUT2D eigenvalue weighted by atomic mass is 9.94. The monoisotopic (exact) mass is 454 g/mol. The fourth-order valence-corrected chi connectivity index (χ4v) is 3.94. The summed E-state index contributed by atoms with van der Waals surface area (Å²) >= 11 is 0. The van der Waals surface area contributed by atoms with Gasteiger partial charge in [-0.25, -0.2) is 0 Å². The number of methoxy groups -OCH3 is 3. The number of aliphatic hydroxyl groups excluding tert-OH is 1. The molecule has 1 unspecified atom stereocenters. The van der Waals surface area contributed by atoms with Gasteiger partial charge in [0.2, 0.25) is 0 Å². The largest absolute Gasteiger partial charge is 0.507 e. The molecule has 0 saturated carbocycles. The quantitative estimate of drug-likeness (QED) is 0.354. The number of aliphatic hydroxyl groups is 1. The number of nitrogens with zero attached hydrogens (tertiary/aromatic N) is 2. The summed E-state index contributed by atoms with van der Waals surface area (Å²) in [4.78, 5) is 29.8. The van der Waals surface area contributed by atoms with Crippen molar-refractivity contribution in [2.75, 3.05) is 48.5 Å². The first-order valence-corrected chi connectivity index (χ1v) is 10.6. The molecule has 3 rings (SSSR count). The maximum Gasteiger partial charge on any atom is 0.295 e. The Labute approximate surface area is 194 Å². The number of likely N-dealkylation sites (tertiary alicyclic amines) is 1. The van der Waals surface area contributed by atoms with Crippen LogP contribution in [-0.2, 0) is 9.59 Å². The maximum absolute atomic E-state index is 13.2. The van der Waals surface area contributed by atoms with E-state index in [1.54, 1.807) is 49.6 Å². The maximum atomic E-state index is 13.2. The van der Waals surface area contributed by atoms with E-state index in [-0.39, 0.29) is 16.9 Å². The van der Waals surface area contributed by atoms with Crippen LogP contribution in [0.3, 0.4) is 0 Å². The number of rotatable bonds is 9. The van der Waals surface area contributed by atoms with Crippen molar-refractivity contribution in [1.82, 2.24) is 9.80 Å². The summed E-state index contributed by atoms with van der Waals surface area (Å²) in [6.07, 6.45) is 0.676. The number of Topliss-reactive ketones (excluding diaryl/α,β-unsaturated/α-hetero) is 1. The average Bonchev–Trinajstić information content (AvgIpc) is 3.08. The highest BCUT2D eigenvalue weighted by Crippen LogP contribution is 2.42. The first-order chi connectivity index (χ1) is 15.8. The summed E-state index contributed by atoms with van der Waals surface area (Å²) < 4.78 is 15.9. The highest BCUT2D eigenvalue weighted by molar-refractivity contribution is 6.46. The van der Waals surface area contributed by atoms with Gasteiger partial charge in [-0.3, -0.25) is 9.59 Å². The fraction of sp³-hybridized carbons (Fsp3) is 0.360. The van der Waals surface area contributed by atoms with Crippen molar-refractivity contribution in [3.63, 3.8) is 0 Å². The Morgan fingerprint density at radius 3 is 2.18 bits per heavy atom. The Hall–Kier alpha value is -3.52. The van der Waals surface area contributed by atoms with Crippen LogP contribution in [0.5, 0.6) is 17.2 Å². The lowest BCUT2D eigenvalue weighted by Gasteiger charge is -2.26. The zero-order valence-corrected chi connectivity index (χ0v) is 19.6. The van der Waals surface area contributed by atoms with Crippen LogP contribution in [0.2, 0.25) is 0 Å². The van der Waals surface area contributed by atoms with Crippen LogP contribution in [-0.4, -0.2) is 75.1 Å². The average molecular weight is 455 g/mol. The van der Waals surface area contributed by atoms with E-state index in [4.69, 9.17) is 14.2 Å². The SMILES string of the molecule is COc1ccc(C2/C(=C(\O)c3cc(OC)ccc3OC)C(=O)C(=O)N2CCCN(C)C)cc1. The highest BCUT2D eigenvalue weighted by Gasteiger charge is 2.46. The van der Waals surface area contributed by atoms with E-state index in [0.29, 0.717) is 35.8 Å². The normalized spacial score (nSPS) is 17.5. The van der Waals surface area contributed by atoms with E-state index in [0.717, 1.165) is 6.54 Å². The second-order valence-corrected chi connectivity index (χ2v) is 7.99. The third kappa shape index (κ3) is 4.96. The summed E-state index contributed by atoms with van der Waals surface area (Å²) in [5.74, 6) is -0.182. The number of carbonyl (C=O) groups is 2. The van der Waals surface area contributed by atoms with E-state index < -0.39 is 17.7 Å². The number of hydrogen-bond donors (Lipinski definition) is 1. The Bertz CT molecular complexity index is 1050. The van der Waals surface area contributed by atoms with Crippen LogP contribution in [0.4, 0.5) is 0 Å². The standard InChI is InChI=1S/C25H30N2O6/c1-26(2)13-6-14-27-22(16-7-9-17(31-3)10-8-16)21(24(29)25(27)30)23(28)19-15-18(32-4)11-12-20(19)33-5/h7-12,15,22,28H,6,13-14H2,1-5H3/b23-21+. The van der Waals surface area contributed by atoms with Gasteiger partial charge in [0.15, 0.2) is 0 Å². The molecule has 0 radical (unpaired) electrons. The minimum Gasteiger partial charge on any atom is -0.507 e. The van der Waals surface area contributed by atoms with Gasteiger partial charge in [-0.2, -0.15) is 0 Å². The van der Waals surface area contributed by atoms with Gasteiger partial charge in [-0.05, 0) is 63.0 Å². The molecule has 8 nitrogen and oxygen atoms in total. The van der Waals surface area contributed by atoms with Crippen LogP contribution in [0.1, 0.15) is 23.6 Å². The molecule has 1 aliphatic heterocycles. The topological polar surface area (TPSA) is 88.5 Å². The van der Waals surface area contributed by atoms with E-state index in [1.165, 1.54) is 19.1 Å². The van der Waals surface area contributed by atoms with Crippen molar-refractivity contribution >= 4 is 17.4 Å². The summed E-state index contributed by atoms with van der Waals surface area (Å²) in [7, 11) is 8.44. The molecule has 1 atom stereocenters. The fourth-order valence-electron chi connectivity index (χ4n) is 3.94. The van der Waals surface area contributed by atoms with E-state index in [1.807, 2.05) is 19.0 Å². The van der Waals surface area contributed by atoms with E-state index >= 15 is 0 Å². The third-order valence-corrected chi connectivity index (χ3v) is 5.64. The van der Waals surface area contributed by atoms with Crippen LogP contribution < -0.4 is 14.2 Å². The number of benzene rings is 2. The highest BCUT2D eigenvalue weighted by atomic mass is 16.5. The molecule has 1 aliphatic rings. The molecule has 1 heterocycles. The molecule has 2 aromatic rings. The lowest BCUT2D eigenvalue weighted by molar-refractivity contribution is -0.139. The number of carbonyl (C=O) groups excluding carboxylic acids is 2. The molecule has 176 valence electrons. The molecule has 33 heavy (non-hydrogen) atoms. The van der Waals surface area contributed by atoms with Gasteiger partial charge >= 0.3 is 0 Å². The molecule has 1 saturated heterocycles.